The van der Waals surface area contributed by atoms with Crippen LogP contribution in [0, 0.1) is 28.1 Å². The number of carbonyl (C=O) groups excluding carboxylic acids is 6. The number of fused-ring (bicyclic) bond motifs is 1. The Balaban J connectivity index is 0.000000395. The maximum Gasteiger partial charge on any atom is 0.434 e. The second kappa shape index (κ2) is 16.7. The van der Waals surface area contributed by atoms with E-state index in [-0.39, 0.29) is 25.7 Å². The van der Waals surface area contributed by atoms with E-state index in [1.807, 2.05) is 6.92 Å². The van der Waals surface area contributed by atoms with Crippen molar-refractivity contribution in [1.82, 2.24) is 0 Å². The van der Waals surface area contributed by atoms with E-state index in [0.29, 0.717) is 12.8 Å². The van der Waals surface area contributed by atoms with Gasteiger partial charge in [0.05, 0.1) is 10.8 Å². The lowest BCUT2D eigenvalue weighted by atomic mass is 9.73. The van der Waals surface area contributed by atoms with Gasteiger partial charge in [0.2, 0.25) is 0 Å². The number of alkyl halides is 12. The molecular weight excluding hydrogens is 816 g/mol. The zero-order valence-corrected chi connectivity index (χ0v) is 31.4. The number of esters is 6. The predicted molar refractivity (Wildman–Crippen MR) is 162 cm³/mol. The lowest BCUT2D eigenvalue weighted by molar-refractivity contribution is -0.315. The minimum atomic E-state index is -6.19. The smallest absolute Gasteiger partial charge is 0.434 e. The molecule has 0 aromatic heterocycles. The monoisotopic (exact) mass is 856 g/mol. The third kappa shape index (κ3) is 10.9. The summed E-state index contributed by atoms with van der Waals surface area (Å²) >= 11 is 0. The van der Waals surface area contributed by atoms with Crippen LogP contribution in [0.5, 0.6) is 0 Å². The second-order valence-corrected chi connectivity index (χ2v) is 14.9. The van der Waals surface area contributed by atoms with Crippen LogP contribution < -0.4 is 0 Å². The third-order valence-electron chi connectivity index (χ3n) is 10.0. The van der Waals surface area contributed by atoms with Gasteiger partial charge in [0, 0.05) is 11.8 Å². The van der Waals surface area contributed by atoms with Gasteiger partial charge in [-0.1, -0.05) is 13.8 Å². The SMILES string of the molecule is CCC(C)(C)C(=O)OC(C(=O)OC(C)C(F)(F)F)C(=O)OC(C(F)(F)F)C(F)(F)F.CCC(C)(C)C(=O)OC1C2CC3C1OC(=O)C3(C(=O)OC(C)C(F)(F)F)C2. The molecule has 2 saturated carbocycles. The number of hydrogen-bond donors (Lipinski definition) is 0. The minimum absolute atomic E-state index is 0.0269. The lowest BCUT2D eigenvalue weighted by Gasteiger charge is -2.33. The van der Waals surface area contributed by atoms with Crippen molar-refractivity contribution >= 4 is 35.8 Å². The summed E-state index contributed by atoms with van der Waals surface area (Å²) in [7, 11) is 0. The fraction of sp³-hybridized carbons (Fsp3) is 0.818. The molecule has 0 aromatic carbocycles. The van der Waals surface area contributed by atoms with Crippen LogP contribution in [0.4, 0.5) is 52.7 Å². The summed E-state index contributed by atoms with van der Waals surface area (Å²) in [6, 6.07) is 0. The van der Waals surface area contributed by atoms with E-state index < -0.39 is 119 Å². The van der Waals surface area contributed by atoms with Crippen molar-refractivity contribution in [1.29, 1.82) is 0 Å². The van der Waals surface area contributed by atoms with E-state index in [1.54, 1.807) is 13.8 Å². The Labute approximate surface area is 316 Å². The molecule has 8 atom stereocenters. The topological polar surface area (TPSA) is 158 Å². The van der Waals surface area contributed by atoms with Crippen molar-refractivity contribution in [3.63, 3.8) is 0 Å². The summed E-state index contributed by atoms with van der Waals surface area (Å²) < 4.78 is 178. The van der Waals surface area contributed by atoms with E-state index in [0.717, 1.165) is 20.8 Å². The van der Waals surface area contributed by atoms with Crippen LogP contribution >= 0.6 is 0 Å². The van der Waals surface area contributed by atoms with E-state index in [1.165, 1.54) is 6.92 Å². The highest BCUT2D eigenvalue weighted by Crippen LogP contribution is 2.63. The van der Waals surface area contributed by atoms with Crippen LogP contribution in [0.15, 0.2) is 0 Å². The predicted octanol–water partition coefficient (Wildman–Crippen LogP) is 6.64. The van der Waals surface area contributed by atoms with Crippen molar-refractivity contribution in [2.75, 3.05) is 0 Å². The molecule has 3 rings (SSSR count). The Morgan fingerprint density at radius 1 is 0.684 bits per heavy atom. The van der Waals surface area contributed by atoms with Crippen molar-refractivity contribution in [2.45, 2.75) is 142 Å². The van der Waals surface area contributed by atoms with Gasteiger partial charge in [-0.15, -0.1) is 0 Å². The Kier molecular flexibility index (Phi) is 14.4. The molecule has 1 aliphatic heterocycles. The molecule has 3 fully saturated rings. The maximum absolute atomic E-state index is 12.7. The normalized spacial score (nSPS) is 25.0. The molecular formula is C33H40F12O12. The Bertz CT molecular complexity index is 1520. The standard InChI is InChI=1S/C18H23F3O6.C15H17F9O6/c1-5-16(3,4)13(22)26-11-9-6-10-12(11)27-15(24)17(10,7-9)14(23)25-8(2)18(19,20)21;1-5-12(3,4)11(27)29-7(8(25)28-6(2)13(16,17)18)9(26)30-10(14(19,20)21)15(22,23)24/h8-12H,5-7H2,1-4H3;6-7,10H,5H2,1-4H3. The molecule has 328 valence electrons. The average Bonchev–Trinajstić information content (AvgIpc) is 3.66. The van der Waals surface area contributed by atoms with Gasteiger partial charge in [0.25, 0.3) is 12.2 Å². The molecule has 1 heterocycles. The molecule has 1 saturated heterocycles. The second-order valence-electron chi connectivity index (χ2n) is 14.9. The minimum Gasteiger partial charge on any atom is -0.458 e. The molecule has 3 aliphatic rings. The molecule has 0 spiro atoms. The van der Waals surface area contributed by atoms with Gasteiger partial charge in [-0.2, -0.15) is 52.7 Å². The van der Waals surface area contributed by atoms with Gasteiger partial charge < -0.3 is 28.4 Å². The van der Waals surface area contributed by atoms with E-state index >= 15 is 0 Å². The quantitative estimate of drug-likeness (QED) is 0.0893. The Morgan fingerprint density at radius 3 is 1.56 bits per heavy atom. The number of rotatable bonds is 12. The van der Waals surface area contributed by atoms with Gasteiger partial charge in [0.1, 0.15) is 12.2 Å². The number of carbonyl (C=O) groups is 6. The van der Waals surface area contributed by atoms with Crippen molar-refractivity contribution in [3.05, 3.63) is 0 Å². The first-order valence-corrected chi connectivity index (χ1v) is 17.0. The summed E-state index contributed by atoms with van der Waals surface area (Å²) in [4.78, 5) is 72.9. The molecule has 2 bridgehead atoms. The van der Waals surface area contributed by atoms with Crippen LogP contribution in [0.3, 0.4) is 0 Å². The van der Waals surface area contributed by atoms with Gasteiger partial charge in [-0.25, -0.2) is 9.59 Å². The summed E-state index contributed by atoms with van der Waals surface area (Å²) in [6.45, 7) is 10.0. The van der Waals surface area contributed by atoms with Crippen LogP contribution in [0.2, 0.25) is 0 Å². The first-order valence-electron chi connectivity index (χ1n) is 17.0. The molecule has 57 heavy (non-hydrogen) atoms. The first-order chi connectivity index (χ1) is 25.5. The van der Waals surface area contributed by atoms with E-state index in [2.05, 4.69) is 18.9 Å². The van der Waals surface area contributed by atoms with Gasteiger partial charge in [-0.05, 0) is 67.2 Å². The van der Waals surface area contributed by atoms with Gasteiger partial charge in [0.15, 0.2) is 17.6 Å². The summed E-state index contributed by atoms with van der Waals surface area (Å²) in [5.41, 5.74) is -3.94. The molecule has 24 heteroatoms. The van der Waals surface area contributed by atoms with Crippen molar-refractivity contribution < 1.29 is 110 Å². The highest BCUT2D eigenvalue weighted by molar-refractivity contribution is 6.03. The van der Waals surface area contributed by atoms with E-state index in [9.17, 15) is 81.5 Å². The van der Waals surface area contributed by atoms with Crippen LogP contribution in [0.1, 0.15) is 81.1 Å². The fourth-order valence-electron chi connectivity index (χ4n) is 5.59. The third-order valence-corrected chi connectivity index (χ3v) is 10.0. The van der Waals surface area contributed by atoms with Crippen molar-refractivity contribution in [3.8, 4) is 0 Å². The summed E-state index contributed by atoms with van der Waals surface area (Å²) in [5, 5.41) is 0. The number of hydrogen-bond acceptors (Lipinski definition) is 12. The number of ether oxygens (including phenoxy) is 6. The average molecular weight is 857 g/mol. The molecule has 0 aromatic rings. The molecule has 2 aliphatic carbocycles. The molecule has 0 N–H and O–H groups in total. The summed E-state index contributed by atoms with van der Waals surface area (Å²) in [6.07, 6.45) is -36.2. The lowest BCUT2D eigenvalue weighted by Crippen LogP contribution is -2.50. The largest absolute Gasteiger partial charge is 0.458 e. The van der Waals surface area contributed by atoms with Gasteiger partial charge in [-0.3, -0.25) is 19.2 Å². The van der Waals surface area contributed by atoms with Crippen molar-refractivity contribution in [2.24, 2.45) is 28.1 Å². The molecule has 12 nitrogen and oxygen atoms in total. The van der Waals surface area contributed by atoms with Gasteiger partial charge >= 0.3 is 60.5 Å². The fourth-order valence-corrected chi connectivity index (χ4v) is 5.59. The van der Waals surface area contributed by atoms with Crippen LogP contribution in [0.25, 0.3) is 0 Å². The highest BCUT2D eigenvalue weighted by atomic mass is 19.4. The molecule has 0 amide bonds. The highest BCUT2D eigenvalue weighted by Gasteiger charge is 2.76. The summed E-state index contributed by atoms with van der Waals surface area (Å²) in [5.74, 6) is -10.0. The molecule has 8 unspecified atom stereocenters. The molecule has 0 radical (unpaired) electrons. The van der Waals surface area contributed by atoms with Crippen LogP contribution in [-0.2, 0) is 57.2 Å². The zero-order valence-electron chi connectivity index (χ0n) is 31.4. The van der Waals surface area contributed by atoms with E-state index in [4.69, 9.17) is 9.47 Å². The first kappa shape index (κ1) is 49.1. The van der Waals surface area contributed by atoms with Crippen LogP contribution in [-0.4, -0.2) is 97.1 Å². The zero-order chi connectivity index (χ0) is 44.7. The Hall–Kier alpha value is -4.02. The number of halogens is 12. The maximum atomic E-state index is 12.7. The Morgan fingerprint density at radius 2 is 1.12 bits per heavy atom.